The highest BCUT2D eigenvalue weighted by atomic mass is 79.9. The lowest BCUT2D eigenvalue weighted by molar-refractivity contribution is 1.74. The first-order valence-electron chi connectivity index (χ1n) is 6.78. The molecule has 3 rings (SSSR count). The molecule has 3 aromatic rings. The van der Waals surface area contributed by atoms with E-state index in [1.807, 2.05) is 5.83 Å². The Morgan fingerprint density at radius 2 is 0.727 bits per heavy atom. The molecule has 0 saturated carbocycles. The molecule has 0 fully saturated rings. The molecule has 114 valence electrons. The van der Waals surface area contributed by atoms with Crippen LogP contribution < -0.4 is 15.9 Å². The van der Waals surface area contributed by atoms with E-state index >= 15 is 0 Å². The van der Waals surface area contributed by atoms with E-state index in [0.29, 0.717) is 0 Å². The molecule has 0 radical (unpaired) electrons. The fourth-order valence-corrected chi connectivity index (χ4v) is 4.48. The Hall–Kier alpha value is -0.950. The zero-order chi connectivity index (χ0) is 14.9. The highest BCUT2D eigenvalue weighted by Gasteiger charge is 2.14. The Morgan fingerprint density at radius 3 is 0.955 bits per heavy atom. The monoisotopic (exact) mass is 436 g/mol. The van der Waals surface area contributed by atoms with Crippen molar-refractivity contribution >= 4 is 56.7 Å². The summed E-state index contributed by atoms with van der Waals surface area (Å²) in [6.07, 6.45) is 0. The topological polar surface area (TPSA) is 0 Å². The summed E-state index contributed by atoms with van der Waals surface area (Å²) in [5.74, 6) is 1.81. The van der Waals surface area contributed by atoms with Crippen LogP contribution in [0.2, 0.25) is 0 Å². The van der Waals surface area contributed by atoms with Crippen molar-refractivity contribution in [2.24, 2.45) is 0 Å². The van der Waals surface area contributed by atoms with Gasteiger partial charge in [0.05, 0.1) is 0 Å². The Bertz CT molecular complexity index is 533. The average Bonchev–Trinajstić information content (AvgIpc) is 2.60. The fourth-order valence-electron chi connectivity index (χ4n) is 2.18. The minimum atomic E-state index is -0.446. The Kier molecular flexibility index (Phi) is 9.31. The van der Waals surface area contributed by atoms with Crippen LogP contribution >= 0.6 is 40.8 Å². The quantitative estimate of drug-likeness (QED) is 0.398. The summed E-state index contributed by atoms with van der Waals surface area (Å²) in [7, 11) is -0.446. The van der Waals surface area contributed by atoms with Crippen molar-refractivity contribution < 1.29 is 0 Å². The molecule has 3 heteroatoms. The summed E-state index contributed by atoms with van der Waals surface area (Å²) in [6, 6.07) is 32.3. The summed E-state index contributed by atoms with van der Waals surface area (Å²) >= 11 is 2.94. The van der Waals surface area contributed by atoms with Gasteiger partial charge in [-0.15, -0.1) is 17.0 Å². The van der Waals surface area contributed by atoms with Crippen molar-refractivity contribution in [1.29, 1.82) is 0 Å². The van der Waals surface area contributed by atoms with E-state index in [4.69, 9.17) is 0 Å². The summed E-state index contributed by atoms with van der Waals surface area (Å²) in [6.45, 7) is 0. The number of hydrogen-bond acceptors (Lipinski definition) is 0. The highest BCUT2D eigenvalue weighted by molar-refractivity contribution is 9.08. The van der Waals surface area contributed by atoms with Crippen molar-refractivity contribution in [2.75, 3.05) is 5.83 Å². The second kappa shape index (κ2) is 10.7. The molecule has 0 amide bonds. The molecular weight excluding hydrogens is 419 g/mol. The fraction of sp³-hybridized carbons (Fsp3) is 0.0526. The van der Waals surface area contributed by atoms with Crippen LogP contribution in [0, 0.1) is 0 Å². The Morgan fingerprint density at radius 1 is 0.500 bits per heavy atom. The van der Waals surface area contributed by atoms with Gasteiger partial charge in [0.2, 0.25) is 0 Å². The van der Waals surface area contributed by atoms with E-state index in [1.54, 1.807) is 0 Å². The second-order valence-electron chi connectivity index (χ2n) is 4.34. The van der Waals surface area contributed by atoms with Crippen molar-refractivity contribution in [3.05, 3.63) is 91.0 Å². The predicted molar refractivity (Wildman–Crippen MR) is 110 cm³/mol. The van der Waals surface area contributed by atoms with Gasteiger partial charge in [0.25, 0.3) is 0 Å². The standard InChI is InChI=1S/C18H15P.CH3Br.BrH/c1-4-10-16(11-5-1)19(17-12-6-2-7-13-17)18-14-8-3-9-15-18;1-2;/h1-15H;1H3;1H. The largest absolute Gasteiger partial charge is 0.114 e. The third kappa shape index (κ3) is 5.05. The first kappa shape index (κ1) is 19.1. The molecule has 3 aromatic carbocycles. The lowest BCUT2D eigenvalue weighted by Crippen LogP contribution is -2.20. The minimum absolute atomic E-state index is 0. The minimum Gasteiger partial charge on any atom is -0.114 e. The van der Waals surface area contributed by atoms with E-state index < -0.39 is 7.92 Å². The van der Waals surface area contributed by atoms with Gasteiger partial charge in [-0.1, -0.05) is 107 Å². The smallest absolute Gasteiger partial charge is 0.00848 e. The molecule has 0 aliphatic carbocycles. The van der Waals surface area contributed by atoms with Crippen LogP contribution in [-0.4, -0.2) is 5.83 Å². The molecule has 0 N–H and O–H groups in total. The lowest BCUT2D eigenvalue weighted by atomic mass is 10.4. The van der Waals surface area contributed by atoms with E-state index in [1.165, 1.54) is 15.9 Å². The van der Waals surface area contributed by atoms with Gasteiger partial charge in [0.15, 0.2) is 0 Å². The van der Waals surface area contributed by atoms with E-state index in [2.05, 4.69) is 107 Å². The van der Waals surface area contributed by atoms with Gasteiger partial charge in [-0.3, -0.25) is 0 Å². The van der Waals surface area contributed by atoms with Gasteiger partial charge >= 0.3 is 0 Å². The van der Waals surface area contributed by atoms with Crippen molar-refractivity contribution in [3.63, 3.8) is 0 Å². The number of benzene rings is 3. The van der Waals surface area contributed by atoms with Crippen LogP contribution in [0.5, 0.6) is 0 Å². The summed E-state index contributed by atoms with van der Waals surface area (Å²) in [5.41, 5.74) is 0. The molecule has 0 unspecified atom stereocenters. The molecule has 0 aliphatic heterocycles. The van der Waals surface area contributed by atoms with E-state index in [9.17, 15) is 0 Å². The number of rotatable bonds is 3. The molecule has 0 saturated heterocycles. The highest BCUT2D eigenvalue weighted by Crippen LogP contribution is 2.32. The Labute approximate surface area is 153 Å². The first-order valence-corrected chi connectivity index (χ1v) is 9.71. The molecule has 22 heavy (non-hydrogen) atoms. The van der Waals surface area contributed by atoms with Crippen LogP contribution in [-0.2, 0) is 0 Å². The molecule has 0 atom stereocenters. The van der Waals surface area contributed by atoms with Gasteiger partial charge in [-0.05, 0) is 29.7 Å². The third-order valence-corrected chi connectivity index (χ3v) is 5.49. The van der Waals surface area contributed by atoms with Gasteiger partial charge < -0.3 is 0 Å². The van der Waals surface area contributed by atoms with Crippen LogP contribution in [0.4, 0.5) is 0 Å². The molecule has 0 nitrogen and oxygen atoms in total. The van der Waals surface area contributed by atoms with Gasteiger partial charge in [-0.25, -0.2) is 0 Å². The summed E-state index contributed by atoms with van der Waals surface area (Å²) in [5, 5.41) is 4.19. The van der Waals surface area contributed by atoms with E-state index in [0.717, 1.165) is 0 Å². The zero-order valence-electron chi connectivity index (χ0n) is 12.4. The van der Waals surface area contributed by atoms with E-state index in [-0.39, 0.29) is 17.0 Å². The summed E-state index contributed by atoms with van der Waals surface area (Å²) < 4.78 is 0. The molecular formula is C19H19Br2P. The first-order chi connectivity index (χ1) is 10.4. The maximum absolute atomic E-state index is 2.94. The van der Waals surface area contributed by atoms with Crippen molar-refractivity contribution in [3.8, 4) is 0 Å². The van der Waals surface area contributed by atoms with Gasteiger partial charge in [0.1, 0.15) is 0 Å². The van der Waals surface area contributed by atoms with Crippen LogP contribution in [0.1, 0.15) is 0 Å². The van der Waals surface area contributed by atoms with Crippen molar-refractivity contribution in [1.82, 2.24) is 0 Å². The molecule has 0 aliphatic rings. The maximum atomic E-state index is 2.94. The second-order valence-corrected chi connectivity index (χ2v) is 6.56. The van der Waals surface area contributed by atoms with Crippen LogP contribution in [0.15, 0.2) is 91.0 Å². The molecule has 0 heterocycles. The predicted octanol–water partition coefficient (Wildman–Crippen LogP) is 5.03. The number of alkyl halides is 1. The summed E-state index contributed by atoms with van der Waals surface area (Å²) in [4.78, 5) is 0. The zero-order valence-corrected chi connectivity index (χ0v) is 16.6. The van der Waals surface area contributed by atoms with Crippen LogP contribution in [0.3, 0.4) is 0 Å². The molecule has 0 aromatic heterocycles. The maximum Gasteiger partial charge on any atom is -0.00848 e. The van der Waals surface area contributed by atoms with Gasteiger partial charge in [-0.2, -0.15) is 0 Å². The average molecular weight is 438 g/mol. The van der Waals surface area contributed by atoms with Crippen LogP contribution in [0.25, 0.3) is 0 Å². The van der Waals surface area contributed by atoms with Crippen molar-refractivity contribution in [2.45, 2.75) is 0 Å². The normalized spacial score (nSPS) is 9.41. The lowest BCUT2D eigenvalue weighted by Gasteiger charge is -2.18. The number of hydrogen-bond donors (Lipinski definition) is 0. The third-order valence-electron chi connectivity index (χ3n) is 3.04. The molecule has 0 bridgehead atoms. The Balaban J connectivity index is 0.000000775. The van der Waals surface area contributed by atoms with Gasteiger partial charge in [0, 0.05) is 0 Å². The number of halogens is 2. The molecule has 0 spiro atoms. The SMILES string of the molecule is Br.CBr.c1ccc(P(c2ccccc2)c2ccccc2)cc1.